The highest BCUT2D eigenvalue weighted by molar-refractivity contribution is 6.30. The molecule has 1 saturated heterocycles. The van der Waals surface area contributed by atoms with E-state index in [-0.39, 0.29) is 0 Å². The molecule has 1 aliphatic rings. The first-order valence-corrected chi connectivity index (χ1v) is 6.94. The molecule has 100 valence electrons. The van der Waals surface area contributed by atoms with Crippen molar-refractivity contribution >= 4 is 17.3 Å². The van der Waals surface area contributed by atoms with Gasteiger partial charge < -0.3 is 15.1 Å². The van der Waals surface area contributed by atoms with Crippen LogP contribution in [-0.4, -0.2) is 51.2 Å². The molecule has 18 heavy (non-hydrogen) atoms. The molecule has 1 aromatic rings. The summed E-state index contributed by atoms with van der Waals surface area (Å²) >= 11 is 6.11. The normalized spacial score (nSPS) is 21.9. The predicted octanol–water partition coefficient (Wildman–Crippen LogP) is 2.07. The van der Waals surface area contributed by atoms with Crippen LogP contribution < -0.4 is 10.2 Å². The molecular formula is C14H22ClN3. The number of hydrogen-bond acceptors (Lipinski definition) is 3. The van der Waals surface area contributed by atoms with Crippen molar-refractivity contribution in [2.45, 2.75) is 12.5 Å². The molecule has 1 atom stereocenters. The van der Waals surface area contributed by atoms with Crippen molar-refractivity contribution in [2.75, 3.05) is 45.2 Å². The monoisotopic (exact) mass is 267 g/mol. The molecule has 0 spiro atoms. The lowest BCUT2D eigenvalue weighted by Crippen LogP contribution is -2.46. The number of likely N-dealkylation sites (N-methyl/N-ethyl adjacent to an activating group) is 2. The van der Waals surface area contributed by atoms with Crippen LogP contribution in [0.5, 0.6) is 0 Å². The zero-order chi connectivity index (χ0) is 13.0. The smallest absolute Gasteiger partial charge is 0.0541 e. The highest BCUT2D eigenvalue weighted by Crippen LogP contribution is 2.23. The van der Waals surface area contributed by atoms with E-state index < -0.39 is 0 Å². The zero-order valence-corrected chi connectivity index (χ0v) is 12.0. The second-order valence-corrected chi connectivity index (χ2v) is 5.44. The van der Waals surface area contributed by atoms with Crippen LogP contribution in [-0.2, 0) is 0 Å². The highest BCUT2D eigenvalue weighted by Gasteiger charge is 2.23. The Kier molecular flexibility index (Phi) is 4.87. The van der Waals surface area contributed by atoms with Gasteiger partial charge in [-0.15, -0.1) is 0 Å². The molecule has 1 aromatic carbocycles. The minimum Gasteiger partial charge on any atom is -0.366 e. The molecule has 0 saturated carbocycles. The fraction of sp³-hybridized carbons (Fsp3) is 0.571. The first-order chi connectivity index (χ1) is 8.70. The number of nitrogens with zero attached hydrogens (tertiary/aromatic N) is 2. The Morgan fingerprint density at radius 2 is 2.22 bits per heavy atom. The van der Waals surface area contributed by atoms with Gasteiger partial charge in [0.2, 0.25) is 0 Å². The summed E-state index contributed by atoms with van der Waals surface area (Å²) in [4.78, 5) is 4.89. The Morgan fingerprint density at radius 3 is 2.94 bits per heavy atom. The molecule has 0 aromatic heterocycles. The van der Waals surface area contributed by atoms with Crippen LogP contribution in [0.25, 0.3) is 0 Å². The predicted molar refractivity (Wildman–Crippen MR) is 78.6 cm³/mol. The molecule has 0 radical (unpaired) electrons. The lowest BCUT2D eigenvalue weighted by Gasteiger charge is -2.33. The lowest BCUT2D eigenvalue weighted by atomic mass is 10.2. The van der Waals surface area contributed by atoms with Crippen molar-refractivity contribution in [1.29, 1.82) is 0 Å². The van der Waals surface area contributed by atoms with Crippen LogP contribution in [0.3, 0.4) is 0 Å². The minimum atomic E-state index is 0.501. The van der Waals surface area contributed by atoms with Gasteiger partial charge in [-0.3, -0.25) is 0 Å². The highest BCUT2D eigenvalue weighted by atomic mass is 35.5. The third-order valence-corrected chi connectivity index (χ3v) is 3.72. The van der Waals surface area contributed by atoms with Crippen LogP contribution in [0.15, 0.2) is 24.3 Å². The van der Waals surface area contributed by atoms with E-state index in [2.05, 4.69) is 34.3 Å². The van der Waals surface area contributed by atoms with Crippen molar-refractivity contribution < 1.29 is 0 Å². The van der Waals surface area contributed by atoms with E-state index in [4.69, 9.17) is 11.6 Å². The average Bonchev–Trinajstić information content (AvgIpc) is 2.51. The van der Waals surface area contributed by atoms with Crippen molar-refractivity contribution in [1.82, 2.24) is 10.2 Å². The van der Waals surface area contributed by atoms with E-state index >= 15 is 0 Å². The molecule has 2 rings (SSSR count). The fourth-order valence-corrected chi connectivity index (χ4v) is 2.83. The number of anilines is 1. The SMILES string of the molecule is CNCC1CN(C)CCCN1c1cccc(Cl)c1. The quantitative estimate of drug-likeness (QED) is 0.905. The summed E-state index contributed by atoms with van der Waals surface area (Å²) in [6, 6.07) is 8.68. The molecule has 1 aliphatic heterocycles. The first kappa shape index (κ1) is 13.7. The fourth-order valence-electron chi connectivity index (χ4n) is 2.65. The van der Waals surface area contributed by atoms with Gasteiger partial charge in [0.25, 0.3) is 0 Å². The second-order valence-electron chi connectivity index (χ2n) is 5.00. The molecule has 1 unspecified atom stereocenters. The van der Waals surface area contributed by atoms with Crippen molar-refractivity contribution in [3.05, 3.63) is 29.3 Å². The van der Waals surface area contributed by atoms with Gasteiger partial charge in [0.1, 0.15) is 0 Å². The minimum absolute atomic E-state index is 0.501. The lowest BCUT2D eigenvalue weighted by molar-refractivity contribution is 0.328. The Bertz CT molecular complexity index is 383. The molecular weight excluding hydrogens is 246 g/mol. The van der Waals surface area contributed by atoms with Gasteiger partial charge >= 0.3 is 0 Å². The standard InChI is InChI=1S/C14H22ClN3/c1-16-10-14-11-17(2)7-4-8-18(14)13-6-3-5-12(15)9-13/h3,5-6,9,14,16H,4,7-8,10-11H2,1-2H3. The number of halogens is 1. The van der Waals surface area contributed by atoms with Crippen LogP contribution in [0.4, 0.5) is 5.69 Å². The maximum Gasteiger partial charge on any atom is 0.0541 e. The summed E-state index contributed by atoms with van der Waals surface area (Å²) in [5.74, 6) is 0. The summed E-state index contributed by atoms with van der Waals surface area (Å²) in [5, 5.41) is 4.11. The summed E-state index contributed by atoms with van der Waals surface area (Å²) in [6.07, 6.45) is 1.20. The van der Waals surface area contributed by atoms with E-state index in [1.54, 1.807) is 0 Å². The summed E-state index contributed by atoms with van der Waals surface area (Å²) in [5.41, 5.74) is 1.23. The van der Waals surface area contributed by atoms with Gasteiger partial charge in [-0.05, 0) is 45.3 Å². The molecule has 3 nitrogen and oxygen atoms in total. The molecule has 1 heterocycles. The summed E-state index contributed by atoms with van der Waals surface area (Å²) < 4.78 is 0. The Morgan fingerprint density at radius 1 is 1.39 bits per heavy atom. The van der Waals surface area contributed by atoms with Crippen molar-refractivity contribution in [2.24, 2.45) is 0 Å². The van der Waals surface area contributed by atoms with Gasteiger partial charge in [-0.1, -0.05) is 17.7 Å². The summed E-state index contributed by atoms with van der Waals surface area (Å²) in [6.45, 7) is 4.35. The average molecular weight is 268 g/mol. The van der Waals surface area contributed by atoms with Gasteiger partial charge in [0.05, 0.1) is 6.04 Å². The van der Waals surface area contributed by atoms with Gasteiger partial charge in [-0.25, -0.2) is 0 Å². The van der Waals surface area contributed by atoms with Crippen LogP contribution >= 0.6 is 11.6 Å². The molecule has 0 bridgehead atoms. The van der Waals surface area contributed by atoms with Crippen LogP contribution in [0.1, 0.15) is 6.42 Å². The van der Waals surface area contributed by atoms with Crippen LogP contribution in [0, 0.1) is 0 Å². The molecule has 0 aliphatic carbocycles. The Hall–Kier alpha value is -0.770. The van der Waals surface area contributed by atoms with Crippen molar-refractivity contribution in [3.63, 3.8) is 0 Å². The maximum absolute atomic E-state index is 6.11. The van der Waals surface area contributed by atoms with E-state index in [1.165, 1.54) is 12.1 Å². The second kappa shape index (κ2) is 6.41. The Balaban J connectivity index is 2.21. The van der Waals surface area contributed by atoms with Crippen molar-refractivity contribution in [3.8, 4) is 0 Å². The first-order valence-electron chi connectivity index (χ1n) is 6.56. The number of benzene rings is 1. The summed E-state index contributed by atoms with van der Waals surface area (Å²) in [7, 11) is 4.21. The maximum atomic E-state index is 6.11. The van der Waals surface area contributed by atoms with E-state index in [0.717, 1.165) is 31.2 Å². The zero-order valence-electron chi connectivity index (χ0n) is 11.2. The van der Waals surface area contributed by atoms with Gasteiger partial charge in [0.15, 0.2) is 0 Å². The molecule has 1 N–H and O–H groups in total. The van der Waals surface area contributed by atoms with E-state index in [9.17, 15) is 0 Å². The van der Waals surface area contributed by atoms with Gasteiger partial charge in [0, 0.05) is 30.3 Å². The Labute approximate surface area is 115 Å². The van der Waals surface area contributed by atoms with E-state index in [1.807, 2.05) is 19.2 Å². The molecule has 1 fully saturated rings. The largest absolute Gasteiger partial charge is 0.366 e. The van der Waals surface area contributed by atoms with E-state index in [0.29, 0.717) is 6.04 Å². The molecule has 4 heteroatoms. The van der Waals surface area contributed by atoms with Crippen LogP contribution in [0.2, 0.25) is 5.02 Å². The topological polar surface area (TPSA) is 18.5 Å². The van der Waals surface area contributed by atoms with Gasteiger partial charge in [-0.2, -0.15) is 0 Å². The number of nitrogens with one attached hydrogen (secondary N) is 1. The third kappa shape index (κ3) is 3.37. The molecule has 0 amide bonds. The third-order valence-electron chi connectivity index (χ3n) is 3.48. The number of rotatable bonds is 3. The number of hydrogen-bond donors (Lipinski definition) is 1.